The minimum Gasteiger partial charge on any atom is -0.264 e. The Morgan fingerprint density at radius 2 is 1.96 bits per heavy atom. The van der Waals surface area contributed by atoms with Crippen molar-refractivity contribution in [1.29, 1.82) is 0 Å². The van der Waals surface area contributed by atoms with Gasteiger partial charge in [-0.15, -0.1) is 0 Å². The molecule has 2 heterocycles. The van der Waals surface area contributed by atoms with Crippen LogP contribution in [0.1, 0.15) is 8.30 Å². The van der Waals surface area contributed by atoms with E-state index >= 15 is 0 Å². The standard InChI is InChI=1S/C22H19N2/c1-16-6-3-4-8-20(16)22-21-10-9-17(19-7-5-12-23-15-19)14-18(21)11-13-24(22)2/h3-15H,1-2H3/q+1/i4D,6D. The van der Waals surface area contributed by atoms with E-state index in [1.165, 1.54) is 0 Å². The van der Waals surface area contributed by atoms with E-state index in [9.17, 15) is 0 Å². The number of hydrogen-bond donors (Lipinski definition) is 0. The molecular weight excluding hydrogens is 292 g/mol. The van der Waals surface area contributed by atoms with Crippen LogP contribution in [0.25, 0.3) is 33.2 Å². The van der Waals surface area contributed by atoms with Crippen LogP contribution in [-0.4, -0.2) is 4.98 Å². The molecule has 116 valence electrons. The minimum atomic E-state index is 0.361. The van der Waals surface area contributed by atoms with Gasteiger partial charge in [0, 0.05) is 29.6 Å². The van der Waals surface area contributed by atoms with Crippen LogP contribution < -0.4 is 4.57 Å². The average Bonchev–Trinajstić information content (AvgIpc) is 2.65. The molecule has 0 unspecified atom stereocenters. The van der Waals surface area contributed by atoms with Crippen LogP contribution in [0.4, 0.5) is 0 Å². The van der Waals surface area contributed by atoms with Gasteiger partial charge in [-0.25, -0.2) is 4.57 Å². The molecule has 0 radical (unpaired) electrons. The summed E-state index contributed by atoms with van der Waals surface area (Å²) in [4.78, 5) is 4.21. The second-order valence-electron chi connectivity index (χ2n) is 5.96. The van der Waals surface area contributed by atoms with Crippen LogP contribution in [0.5, 0.6) is 0 Å². The predicted molar refractivity (Wildman–Crippen MR) is 98.5 cm³/mol. The normalized spacial score (nSPS) is 12.1. The number of rotatable bonds is 2. The van der Waals surface area contributed by atoms with E-state index in [1.807, 2.05) is 38.5 Å². The van der Waals surface area contributed by atoms with Gasteiger partial charge in [-0.05, 0) is 47.7 Å². The molecule has 4 aromatic rings. The van der Waals surface area contributed by atoms with Gasteiger partial charge in [0.1, 0.15) is 7.05 Å². The summed E-state index contributed by atoms with van der Waals surface area (Å²) in [6.07, 6.45) is 5.67. The molecule has 24 heavy (non-hydrogen) atoms. The molecule has 2 heteroatoms. The van der Waals surface area contributed by atoms with Crippen molar-refractivity contribution in [2.75, 3.05) is 0 Å². The van der Waals surface area contributed by atoms with E-state index in [-0.39, 0.29) is 0 Å². The first-order chi connectivity index (χ1) is 12.5. The molecule has 4 rings (SSSR count). The molecule has 0 fully saturated rings. The average molecular weight is 313 g/mol. The maximum Gasteiger partial charge on any atom is 0.220 e. The monoisotopic (exact) mass is 313 g/mol. The minimum absolute atomic E-state index is 0.361. The Balaban J connectivity index is 1.98. The zero-order chi connectivity index (χ0) is 18.3. The van der Waals surface area contributed by atoms with Crippen molar-refractivity contribution >= 4 is 10.8 Å². The van der Waals surface area contributed by atoms with Gasteiger partial charge in [-0.2, -0.15) is 0 Å². The Morgan fingerprint density at radius 1 is 1.04 bits per heavy atom. The zero-order valence-corrected chi connectivity index (χ0v) is 13.7. The summed E-state index contributed by atoms with van der Waals surface area (Å²) < 4.78 is 18.2. The summed E-state index contributed by atoms with van der Waals surface area (Å²) in [5, 5.41) is 2.23. The molecule has 0 bridgehead atoms. The molecule has 0 spiro atoms. The van der Waals surface area contributed by atoms with Gasteiger partial charge in [0.2, 0.25) is 5.69 Å². The second-order valence-corrected chi connectivity index (χ2v) is 5.96. The lowest BCUT2D eigenvalue weighted by molar-refractivity contribution is -0.659. The highest BCUT2D eigenvalue weighted by Crippen LogP contribution is 2.30. The Kier molecular flexibility index (Phi) is 3.05. The molecule has 2 nitrogen and oxygen atoms in total. The Hall–Kier alpha value is -3.00. The molecule has 0 amide bonds. The van der Waals surface area contributed by atoms with Crippen molar-refractivity contribution in [3.05, 3.63) is 84.8 Å². The zero-order valence-electron chi connectivity index (χ0n) is 15.7. The molecular formula is C22H19N2+. The number of fused-ring (bicyclic) bond motifs is 1. The SMILES string of the molecule is [2H]c1cc([2H])c(C)c(-c2c3ccc(-c4cccnc4)cc3cc[n+]2C)c1. The van der Waals surface area contributed by atoms with Crippen LogP contribution in [0, 0.1) is 6.92 Å². The van der Waals surface area contributed by atoms with E-state index in [2.05, 4.69) is 39.9 Å². The van der Waals surface area contributed by atoms with Crippen LogP contribution in [-0.2, 0) is 7.05 Å². The van der Waals surface area contributed by atoms with E-state index in [0.29, 0.717) is 12.1 Å². The van der Waals surface area contributed by atoms with Crippen molar-refractivity contribution in [3.8, 4) is 22.4 Å². The summed E-state index contributed by atoms with van der Waals surface area (Å²) in [5.74, 6) is 0. The number of hydrogen-bond acceptors (Lipinski definition) is 1. The van der Waals surface area contributed by atoms with Crippen molar-refractivity contribution in [3.63, 3.8) is 0 Å². The van der Waals surface area contributed by atoms with Crippen LogP contribution in [0.3, 0.4) is 0 Å². The Bertz CT molecular complexity index is 1120. The Labute approximate surface area is 144 Å². The van der Waals surface area contributed by atoms with Crippen molar-refractivity contribution in [1.82, 2.24) is 4.98 Å². The topological polar surface area (TPSA) is 16.8 Å². The molecule has 0 saturated carbocycles. The lowest BCUT2D eigenvalue weighted by Crippen LogP contribution is -2.30. The smallest absolute Gasteiger partial charge is 0.220 e. The highest BCUT2D eigenvalue weighted by Gasteiger charge is 2.16. The molecule has 0 saturated heterocycles. The van der Waals surface area contributed by atoms with Crippen LogP contribution in [0.2, 0.25) is 0 Å². The third-order valence-electron chi connectivity index (χ3n) is 4.39. The van der Waals surface area contributed by atoms with Gasteiger partial charge in [0.25, 0.3) is 0 Å². The first-order valence-corrected chi connectivity index (χ1v) is 7.95. The van der Waals surface area contributed by atoms with Gasteiger partial charge < -0.3 is 0 Å². The quantitative estimate of drug-likeness (QED) is 0.490. The maximum absolute atomic E-state index is 8.14. The molecule has 0 aliphatic heterocycles. The number of aryl methyl sites for hydroxylation is 1. The molecule has 2 aromatic carbocycles. The predicted octanol–water partition coefficient (Wildman–Crippen LogP) is 4.70. The van der Waals surface area contributed by atoms with Gasteiger partial charge in [-0.3, -0.25) is 4.98 Å². The summed E-state index contributed by atoms with van der Waals surface area (Å²) in [6, 6.07) is 16.7. The van der Waals surface area contributed by atoms with Gasteiger partial charge in [-0.1, -0.05) is 30.3 Å². The van der Waals surface area contributed by atoms with Crippen molar-refractivity contribution in [2.24, 2.45) is 7.05 Å². The number of aromatic nitrogens is 2. The molecule has 0 N–H and O–H groups in total. The van der Waals surface area contributed by atoms with Gasteiger partial charge in [0.15, 0.2) is 6.20 Å². The second kappa shape index (κ2) is 5.89. The largest absolute Gasteiger partial charge is 0.264 e. The van der Waals surface area contributed by atoms with Crippen molar-refractivity contribution < 1.29 is 7.31 Å². The van der Waals surface area contributed by atoms with E-state index in [4.69, 9.17) is 2.74 Å². The first kappa shape index (κ1) is 12.4. The third-order valence-corrected chi connectivity index (χ3v) is 4.39. The van der Waals surface area contributed by atoms with Gasteiger partial charge >= 0.3 is 0 Å². The molecule has 0 aliphatic rings. The number of benzene rings is 2. The van der Waals surface area contributed by atoms with Crippen LogP contribution in [0.15, 0.2) is 79.2 Å². The lowest BCUT2D eigenvalue weighted by atomic mass is 9.97. The summed E-state index contributed by atoms with van der Waals surface area (Å²) in [6.45, 7) is 1.94. The fourth-order valence-electron chi connectivity index (χ4n) is 3.13. The van der Waals surface area contributed by atoms with E-state index < -0.39 is 0 Å². The highest BCUT2D eigenvalue weighted by atomic mass is 14.9. The molecule has 0 atom stereocenters. The summed E-state index contributed by atoms with van der Waals surface area (Å²) in [7, 11) is 2.00. The molecule has 2 aromatic heterocycles. The lowest BCUT2D eigenvalue weighted by Gasteiger charge is -2.09. The fourth-order valence-corrected chi connectivity index (χ4v) is 3.13. The summed E-state index contributed by atoms with van der Waals surface area (Å²) >= 11 is 0. The summed E-state index contributed by atoms with van der Waals surface area (Å²) in [5.41, 5.74) is 5.06. The third kappa shape index (κ3) is 2.46. The Morgan fingerprint density at radius 3 is 2.79 bits per heavy atom. The first-order valence-electron chi connectivity index (χ1n) is 8.95. The van der Waals surface area contributed by atoms with Crippen molar-refractivity contribution in [2.45, 2.75) is 6.92 Å². The van der Waals surface area contributed by atoms with E-state index in [1.54, 1.807) is 12.3 Å². The van der Waals surface area contributed by atoms with Gasteiger partial charge in [0.05, 0.1) is 8.13 Å². The van der Waals surface area contributed by atoms with Crippen LogP contribution >= 0.6 is 0 Å². The highest BCUT2D eigenvalue weighted by molar-refractivity contribution is 5.95. The number of pyridine rings is 2. The fraction of sp³-hybridized carbons (Fsp3) is 0.0909. The van der Waals surface area contributed by atoms with E-state index in [0.717, 1.165) is 38.7 Å². The maximum atomic E-state index is 8.14. The number of nitrogens with zero attached hydrogens (tertiary/aromatic N) is 2. The molecule has 0 aliphatic carbocycles.